The summed E-state index contributed by atoms with van der Waals surface area (Å²) in [5.41, 5.74) is 5.65. The minimum Gasteiger partial charge on any atom is -0.508 e. The number of hydrogen-bond acceptors (Lipinski definition) is 3. The van der Waals surface area contributed by atoms with Crippen LogP contribution in [0.5, 0.6) is 5.75 Å². The molecule has 0 fully saturated rings. The number of carbonyl (C=O) groups is 1. The lowest BCUT2D eigenvalue weighted by Gasteiger charge is -2.10. The lowest BCUT2D eigenvalue weighted by Crippen LogP contribution is -2.13. The van der Waals surface area contributed by atoms with Crippen molar-refractivity contribution in [3.05, 3.63) is 99.1 Å². The molecular weight excluding hydrogens is 396 g/mol. The summed E-state index contributed by atoms with van der Waals surface area (Å²) in [6, 6.07) is 19.9. The van der Waals surface area contributed by atoms with E-state index in [9.17, 15) is 15.2 Å². The number of benzene rings is 3. The lowest BCUT2D eigenvalue weighted by atomic mass is 9.96. The van der Waals surface area contributed by atoms with Gasteiger partial charge in [0.15, 0.2) is 0 Å². The number of halogens is 1. The predicted molar refractivity (Wildman–Crippen MR) is 121 cm³/mol. The van der Waals surface area contributed by atoms with E-state index >= 15 is 0 Å². The van der Waals surface area contributed by atoms with Gasteiger partial charge in [0.2, 0.25) is 0 Å². The van der Waals surface area contributed by atoms with Crippen LogP contribution in [-0.4, -0.2) is 11.0 Å². The van der Waals surface area contributed by atoms with Gasteiger partial charge in [-0.2, -0.15) is 5.26 Å². The second kappa shape index (κ2) is 9.30. The van der Waals surface area contributed by atoms with E-state index < -0.39 is 5.91 Å². The van der Waals surface area contributed by atoms with Crippen molar-refractivity contribution in [1.82, 2.24) is 0 Å². The van der Waals surface area contributed by atoms with Crippen molar-refractivity contribution in [2.45, 2.75) is 20.3 Å². The van der Waals surface area contributed by atoms with Gasteiger partial charge in [-0.1, -0.05) is 47.0 Å². The summed E-state index contributed by atoms with van der Waals surface area (Å²) >= 11 is 6.18. The molecule has 0 aliphatic carbocycles. The Morgan fingerprint density at radius 1 is 1.07 bits per heavy atom. The smallest absolute Gasteiger partial charge is 0.266 e. The average Bonchev–Trinajstić information content (AvgIpc) is 2.69. The molecule has 0 spiro atoms. The third-order valence-electron chi connectivity index (χ3n) is 4.57. The van der Waals surface area contributed by atoms with Crippen LogP contribution < -0.4 is 5.32 Å². The Kier molecular flexibility index (Phi) is 6.56. The average molecular weight is 417 g/mol. The van der Waals surface area contributed by atoms with Crippen molar-refractivity contribution in [2.24, 2.45) is 0 Å². The van der Waals surface area contributed by atoms with Crippen molar-refractivity contribution in [3.63, 3.8) is 0 Å². The standard InChI is InChI=1S/C25H21ClN2O2/c1-16-9-17(2)11-18(10-16)12-19-3-4-22(26)14-20(19)13-21(15-27)25(30)28-23-5-7-24(29)8-6-23/h3-11,13-14,29H,12H2,1-2H3,(H,28,30)/b21-13+. The van der Waals surface area contributed by atoms with Crippen LogP contribution in [0.15, 0.2) is 66.2 Å². The van der Waals surface area contributed by atoms with Gasteiger partial charge in [0, 0.05) is 10.7 Å². The van der Waals surface area contributed by atoms with Crippen LogP contribution in [0.4, 0.5) is 5.69 Å². The summed E-state index contributed by atoms with van der Waals surface area (Å²) in [4.78, 5) is 12.6. The second-order valence-corrected chi connectivity index (χ2v) is 7.62. The normalized spacial score (nSPS) is 11.1. The molecule has 3 rings (SSSR count). The van der Waals surface area contributed by atoms with Crippen LogP contribution in [0.25, 0.3) is 6.08 Å². The van der Waals surface area contributed by atoms with Crippen molar-refractivity contribution in [1.29, 1.82) is 5.26 Å². The van der Waals surface area contributed by atoms with Gasteiger partial charge in [-0.05, 0) is 79.4 Å². The molecular formula is C25H21ClN2O2. The quantitative estimate of drug-likeness (QED) is 0.313. The van der Waals surface area contributed by atoms with Crippen molar-refractivity contribution in [3.8, 4) is 11.8 Å². The molecule has 2 N–H and O–H groups in total. The van der Waals surface area contributed by atoms with Gasteiger partial charge >= 0.3 is 0 Å². The second-order valence-electron chi connectivity index (χ2n) is 7.19. The molecule has 0 aliphatic rings. The summed E-state index contributed by atoms with van der Waals surface area (Å²) in [5.74, 6) is -0.431. The first-order chi connectivity index (χ1) is 14.3. The highest BCUT2D eigenvalue weighted by atomic mass is 35.5. The van der Waals surface area contributed by atoms with Gasteiger partial charge in [0.25, 0.3) is 5.91 Å². The van der Waals surface area contributed by atoms with Crippen LogP contribution in [0.1, 0.15) is 27.8 Å². The minimum absolute atomic E-state index is 0.0352. The maximum absolute atomic E-state index is 12.6. The van der Waals surface area contributed by atoms with Gasteiger partial charge in [-0.25, -0.2) is 0 Å². The topological polar surface area (TPSA) is 73.1 Å². The zero-order valence-electron chi connectivity index (χ0n) is 16.7. The molecule has 1 amide bonds. The Labute approximate surface area is 181 Å². The van der Waals surface area contributed by atoms with Crippen molar-refractivity contribution >= 4 is 29.3 Å². The van der Waals surface area contributed by atoms with Crippen LogP contribution in [0.2, 0.25) is 5.02 Å². The summed E-state index contributed by atoms with van der Waals surface area (Å²) in [6.45, 7) is 4.11. The summed E-state index contributed by atoms with van der Waals surface area (Å²) in [7, 11) is 0. The molecule has 5 heteroatoms. The van der Waals surface area contributed by atoms with Gasteiger partial charge in [0.05, 0.1) is 0 Å². The lowest BCUT2D eigenvalue weighted by molar-refractivity contribution is -0.112. The molecule has 0 heterocycles. The Hall–Kier alpha value is -3.55. The number of phenols is 1. The number of carbonyl (C=O) groups excluding carboxylic acids is 1. The maximum atomic E-state index is 12.6. The highest BCUT2D eigenvalue weighted by Gasteiger charge is 2.12. The summed E-state index contributed by atoms with van der Waals surface area (Å²) in [5, 5.41) is 22.1. The van der Waals surface area contributed by atoms with E-state index in [1.54, 1.807) is 30.3 Å². The number of nitrogens with zero attached hydrogens (tertiary/aromatic N) is 1. The molecule has 0 bridgehead atoms. The Balaban J connectivity index is 1.91. The molecule has 0 radical (unpaired) electrons. The highest BCUT2D eigenvalue weighted by molar-refractivity contribution is 6.30. The first-order valence-electron chi connectivity index (χ1n) is 9.42. The first kappa shape index (κ1) is 21.2. The number of hydrogen-bond donors (Lipinski definition) is 2. The summed E-state index contributed by atoms with van der Waals surface area (Å²) < 4.78 is 0. The molecule has 0 aromatic heterocycles. The van der Waals surface area contributed by atoms with E-state index in [-0.39, 0.29) is 11.3 Å². The van der Waals surface area contributed by atoms with E-state index in [0.717, 1.165) is 16.7 Å². The maximum Gasteiger partial charge on any atom is 0.266 e. The zero-order chi connectivity index (χ0) is 21.7. The predicted octanol–water partition coefficient (Wildman–Crippen LogP) is 5.80. The van der Waals surface area contributed by atoms with Gasteiger partial charge < -0.3 is 10.4 Å². The SMILES string of the molecule is Cc1cc(C)cc(Cc2ccc(Cl)cc2/C=C(\C#N)C(=O)Nc2ccc(O)cc2)c1. The summed E-state index contributed by atoms with van der Waals surface area (Å²) in [6.07, 6.45) is 2.21. The zero-order valence-corrected chi connectivity index (χ0v) is 17.5. The highest BCUT2D eigenvalue weighted by Crippen LogP contribution is 2.23. The Morgan fingerprint density at radius 2 is 1.73 bits per heavy atom. The molecule has 0 saturated heterocycles. The number of amides is 1. The van der Waals surface area contributed by atoms with E-state index in [0.29, 0.717) is 17.1 Å². The van der Waals surface area contributed by atoms with Crippen molar-refractivity contribution in [2.75, 3.05) is 5.32 Å². The molecule has 3 aromatic carbocycles. The minimum atomic E-state index is -0.527. The molecule has 0 aliphatic heterocycles. The van der Waals surface area contributed by atoms with Crippen molar-refractivity contribution < 1.29 is 9.90 Å². The third kappa shape index (κ3) is 5.50. The third-order valence-corrected chi connectivity index (χ3v) is 4.81. The van der Waals surface area contributed by atoms with Crippen LogP contribution in [0, 0.1) is 25.2 Å². The van der Waals surface area contributed by atoms with Gasteiger partial charge in [0.1, 0.15) is 17.4 Å². The van der Waals surface area contributed by atoms with Crippen LogP contribution in [-0.2, 0) is 11.2 Å². The van der Waals surface area contributed by atoms with Crippen LogP contribution in [0.3, 0.4) is 0 Å². The number of anilines is 1. The van der Waals surface area contributed by atoms with E-state index in [1.165, 1.54) is 23.3 Å². The number of nitriles is 1. The number of aryl methyl sites for hydroxylation is 2. The molecule has 0 saturated carbocycles. The molecule has 0 unspecified atom stereocenters. The number of aromatic hydroxyl groups is 1. The fraction of sp³-hybridized carbons (Fsp3) is 0.120. The van der Waals surface area contributed by atoms with Gasteiger partial charge in [-0.15, -0.1) is 0 Å². The Bertz CT molecular complexity index is 1140. The molecule has 0 atom stereocenters. The number of phenolic OH excluding ortho intramolecular Hbond substituents is 1. The van der Waals surface area contributed by atoms with E-state index in [2.05, 4.69) is 37.4 Å². The largest absolute Gasteiger partial charge is 0.508 e. The fourth-order valence-corrected chi connectivity index (χ4v) is 3.48. The number of rotatable bonds is 5. The van der Waals surface area contributed by atoms with Crippen LogP contribution >= 0.6 is 11.6 Å². The Morgan fingerprint density at radius 3 is 2.37 bits per heavy atom. The van der Waals surface area contributed by atoms with E-state index in [4.69, 9.17) is 11.6 Å². The molecule has 4 nitrogen and oxygen atoms in total. The van der Waals surface area contributed by atoms with E-state index in [1.807, 2.05) is 12.1 Å². The number of nitrogens with one attached hydrogen (secondary N) is 1. The van der Waals surface area contributed by atoms with Gasteiger partial charge in [-0.3, -0.25) is 4.79 Å². The molecule has 30 heavy (non-hydrogen) atoms. The fourth-order valence-electron chi connectivity index (χ4n) is 3.30. The molecule has 150 valence electrons. The monoisotopic (exact) mass is 416 g/mol. The first-order valence-corrected chi connectivity index (χ1v) is 9.79. The molecule has 3 aromatic rings.